The number of halogens is 3. The minimum Gasteiger partial charge on any atom is -0.273 e. The molecule has 1 aliphatic heterocycles. The third-order valence-electron chi connectivity index (χ3n) is 1.22. The van der Waals surface area contributed by atoms with Crippen molar-refractivity contribution >= 4 is 24.7 Å². The zero-order valence-corrected chi connectivity index (χ0v) is 6.37. The molecule has 0 N–H and O–H groups in total. The van der Waals surface area contributed by atoms with E-state index >= 15 is 0 Å². The molecule has 0 aromatic carbocycles. The van der Waals surface area contributed by atoms with Crippen LogP contribution in [-0.4, -0.2) is 30.9 Å². The highest BCUT2D eigenvalue weighted by molar-refractivity contribution is 8.15. The zero-order valence-electron chi connectivity index (χ0n) is 5.56. The van der Waals surface area contributed by atoms with E-state index in [2.05, 4.69) is 4.99 Å². The highest BCUT2D eigenvalue weighted by Crippen LogP contribution is 2.33. The Bertz CT molecular complexity index is 179. The van der Waals surface area contributed by atoms with Crippen LogP contribution in [0.15, 0.2) is 4.99 Å². The van der Waals surface area contributed by atoms with E-state index in [1.165, 1.54) is 0 Å². The van der Waals surface area contributed by atoms with Crippen molar-refractivity contribution in [3.8, 4) is 0 Å². The lowest BCUT2D eigenvalue weighted by Crippen LogP contribution is -2.18. The third kappa shape index (κ3) is 2.15. The second-order valence-corrected chi connectivity index (χ2v) is 3.41. The Hall–Kier alpha value is -0.125. The van der Waals surface area contributed by atoms with E-state index in [9.17, 15) is 13.2 Å². The molecule has 11 heavy (non-hydrogen) atoms. The molecule has 0 saturated carbocycles. The van der Waals surface area contributed by atoms with Gasteiger partial charge >= 0.3 is 6.18 Å². The van der Waals surface area contributed by atoms with Crippen LogP contribution in [0.4, 0.5) is 13.2 Å². The molecule has 1 nitrogen and oxygen atoms in total. The first-order chi connectivity index (χ1) is 5.04. The lowest BCUT2D eigenvalue weighted by atomic mass is 10.0. The van der Waals surface area contributed by atoms with Gasteiger partial charge < -0.3 is 0 Å². The van der Waals surface area contributed by atoms with Crippen molar-refractivity contribution in [2.75, 3.05) is 6.54 Å². The van der Waals surface area contributed by atoms with Crippen LogP contribution in [0.25, 0.3) is 0 Å². The minimum atomic E-state index is -4.28. The van der Waals surface area contributed by atoms with Crippen LogP contribution in [0.3, 0.4) is 0 Å². The second kappa shape index (κ2) is 3.09. The van der Waals surface area contributed by atoms with Crippen LogP contribution in [0.5, 0.6) is 0 Å². The molecule has 0 saturated heterocycles. The van der Waals surface area contributed by atoms with Gasteiger partial charge in [-0.2, -0.15) is 13.2 Å². The van der Waals surface area contributed by atoms with Crippen molar-refractivity contribution < 1.29 is 13.2 Å². The minimum absolute atomic E-state index is 0.188. The maximum Gasteiger partial charge on any atom is 0.439 e. The number of hydrogen-bond acceptors (Lipinski definition) is 2. The quantitative estimate of drug-likeness (QED) is 0.557. The fourth-order valence-corrected chi connectivity index (χ4v) is 1.54. The lowest BCUT2D eigenvalue weighted by molar-refractivity contribution is -0.0554. The largest absolute Gasteiger partial charge is 0.439 e. The molecule has 1 atom stereocenters. The number of thioether (sulfide) groups is 1. The Morgan fingerprint density at radius 1 is 1.64 bits per heavy atom. The van der Waals surface area contributed by atoms with Gasteiger partial charge in [0.05, 0.1) is 14.4 Å². The summed E-state index contributed by atoms with van der Waals surface area (Å²) in [6, 6.07) is 0. The second-order valence-electron chi connectivity index (χ2n) is 2.12. The summed E-state index contributed by atoms with van der Waals surface area (Å²) in [6.45, 7) is 0.190. The Labute approximate surface area is 67.9 Å². The third-order valence-corrected chi connectivity index (χ3v) is 2.48. The maximum atomic E-state index is 11.9. The van der Waals surface area contributed by atoms with Gasteiger partial charge in [-0.05, 0) is 0 Å². The molecule has 1 unspecified atom stereocenters. The lowest BCUT2D eigenvalue weighted by Gasteiger charge is -2.06. The van der Waals surface area contributed by atoms with Crippen molar-refractivity contribution in [1.82, 2.24) is 0 Å². The van der Waals surface area contributed by atoms with E-state index < -0.39 is 11.2 Å². The van der Waals surface area contributed by atoms with E-state index in [0.717, 1.165) is 11.8 Å². The normalized spacial score (nSPS) is 25.4. The highest BCUT2D eigenvalue weighted by Gasteiger charge is 2.39. The monoisotopic (exact) mass is 179 g/mol. The molecule has 1 heterocycles. The molecule has 0 aromatic rings. The van der Waals surface area contributed by atoms with Crippen molar-refractivity contribution in [3.63, 3.8) is 0 Å². The standard InChI is InChI=1S/C5H5BF3NS/c6-1-3-2-10-4(11-3)5(7,8)9/h3H,1-2H2. The smallest absolute Gasteiger partial charge is 0.273 e. The number of rotatable bonds is 1. The molecule has 6 heteroatoms. The zero-order chi connectivity index (χ0) is 8.48. The summed E-state index contributed by atoms with van der Waals surface area (Å²) in [7, 11) is 5.18. The Morgan fingerprint density at radius 2 is 2.27 bits per heavy atom. The summed E-state index contributed by atoms with van der Waals surface area (Å²) in [6.07, 6.45) is -4.04. The fourth-order valence-electron chi connectivity index (χ4n) is 0.696. The molecule has 0 spiro atoms. The van der Waals surface area contributed by atoms with Gasteiger partial charge in [0.2, 0.25) is 0 Å². The SMILES string of the molecule is [B]CC1CN=C(C(F)(F)F)S1. The Morgan fingerprint density at radius 3 is 2.55 bits per heavy atom. The molecule has 0 amide bonds. The van der Waals surface area contributed by atoms with E-state index in [-0.39, 0.29) is 18.1 Å². The number of hydrogen-bond donors (Lipinski definition) is 0. The maximum absolute atomic E-state index is 11.9. The van der Waals surface area contributed by atoms with Gasteiger partial charge in [-0.25, -0.2) is 0 Å². The predicted octanol–water partition coefficient (Wildman–Crippen LogP) is 1.65. The van der Waals surface area contributed by atoms with E-state index in [0.29, 0.717) is 0 Å². The molecule has 2 radical (unpaired) electrons. The summed E-state index contributed by atoms with van der Waals surface area (Å²) in [5.41, 5.74) is 0. The van der Waals surface area contributed by atoms with Gasteiger partial charge in [-0.3, -0.25) is 4.99 Å². The first-order valence-electron chi connectivity index (χ1n) is 3.02. The first-order valence-corrected chi connectivity index (χ1v) is 3.90. The van der Waals surface area contributed by atoms with E-state index in [1.807, 2.05) is 0 Å². The summed E-state index contributed by atoms with van der Waals surface area (Å²) >= 11 is 0.718. The highest BCUT2D eigenvalue weighted by atomic mass is 32.2. The average molecular weight is 179 g/mol. The van der Waals surface area contributed by atoms with Crippen molar-refractivity contribution in [2.24, 2.45) is 4.99 Å². The van der Waals surface area contributed by atoms with Crippen LogP contribution in [0, 0.1) is 0 Å². The predicted molar refractivity (Wildman–Crippen MR) is 40.3 cm³/mol. The number of aliphatic imine (C=N–C) groups is 1. The van der Waals surface area contributed by atoms with Crippen LogP contribution in [0.2, 0.25) is 6.32 Å². The van der Waals surface area contributed by atoms with E-state index in [1.54, 1.807) is 0 Å². The van der Waals surface area contributed by atoms with Gasteiger partial charge in [-0.15, -0.1) is 0 Å². The van der Waals surface area contributed by atoms with Gasteiger partial charge in [0.25, 0.3) is 0 Å². The Balaban J connectivity index is 2.53. The van der Waals surface area contributed by atoms with E-state index in [4.69, 9.17) is 7.85 Å². The first kappa shape index (κ1) is 8.97. The average Bonchev–Trinajstić information content (AvgIpc) is 2.32. The molecule has 0 fully saturated rings. The molecule has 1 aliphatic rings. The van der Waals surface area contributed by atoms with Crippen molar-refractivity contribution in [1.29, 1.82) is 0 Å². The molecule has 0 aromatic heterocycles. The summed E-state index contributed by atoms with van der Waals surface area (Å²) in [5.74, 6) is 0. The Kier molecular flexibility index (Phi) is 2.52. The topological polar surface area (TPSA) is 12.4 Å². The van der Waals surface area contributed by atoms with Crippen molar-refractivity contribution in [2.45, 2.75) is 17.7 Å². The molecule has 60 valence electrons. The number of nitrogens with zero attached hydrogens (tertiary/aromatic N) is 1. The van der Waals surface area contributed by atoms with Crippen LogP contribution in [0.1, 0.15) is 0 Å². The summed E-state index contributed by atoms with van der Waals surface area (Å²) < 4.78 is 35.6. The molecule has 1 rings (SSSR count). The van der Waals surface area contributed by atoms with Gasteiger partial charge in [-0.1, -0.05) is 18.1 Å². The number of alkyl halides is 3. The van der Waals surface area contributed by atoms with Gasteiger partial charge in [0.15, 0.2) is 5.04 Å². The fraction of sp³-hybridized carbons (Fsp3) is 0.800. The summed E-state index contributed by atoms with van der Waals surface area (Å²) in [5, 5.41) is -0.931. The van der Waals surface area contributed by atoms with Crippen LogP contribution >= 0.6 is 11.8 Å². The molecular weight excluding hydrogens is 174 g/mol. The molecule has 0 bridgehead atoms. The van der Waals surface area contributed by atoms with Crippen molar-refractivity contribution in [3.05, 3.63) is 0 Å². The van der Waals surface area contributed by atoms with Crippen LogP contribution < -0.4 is 0 Å². The van der Waals surface area contributed by atoms with Crippen LogP contribution in [-0.2, 0) is 0 Å². The van der Waals surface area contributed by atoms with Gasteiger partial charge in [0.1, 0.15) is 0 Å². The van der Waals surface area contributed by atoms with Gasteiger partial charge in [0, 0.05) is 5.25 Å². The molecular formula is C5H5BF3NS. The molecule has 0 aliphatic carbocycles. The summed E-state index contributed by atoms with van der Waals surface area (Å²) in [4.78, 5) is 3.33.